The first-order chi connectivity index (χ1) is 8.16. The second-order valence-electron chi connectivity index (χ2n) is 4.66. The molecule has 3 heteroatoms. The molecule has 0 unspecified atom stereocenters. The molecule has 92 valence electrons. The molecule has 2 rings (SSSR count). The highest BCUT2D eigenvalue weighted by molar-refractivity contribution is 9.10. The minimum absolute atomic E-state index is 0.159. The lowest BCUT2D eigenvalue weighted by Crippen LogP contribution is -2.00. The zero-order chi connectivity index (χ0) is 12.3. The van der Waals surface area contributed by atoms with Crippen LogP contribution in [0.3, 0.4) is 0 Å². The number of hydrogen-bond acceptors (Lipinski definition) is 2. The number of hydrogen-bond donors (Lipinski definition) is 0. The first kappa shape index (κ1) is 13.2. The summed E-state index contributed by atoms with van der Waals surface area (Å²) in [5, 5.41) is 0. The number of carbonyl (C=O) groups excluding carboxylic acids is 1. The van der Waals surface area contributed by atoms with Crippen molar-refractivity contribution in [2.24, 2.45) is 5.92 Å². The molecule has 0 amide bonds. The maximum atomic E-state index is 11.5. The van der Waals surface area contributed by atoms with Gasteiger partial charge in [-0.05, 0) is 43.9 Å². The SMILES string of the molecule is CC(=O)c1ccc(Br)cc1SCC1CCCC1. The maximum absolute atomic E-state index is 11.5. The molecule has 1 aromatic rings. The zero-order valence-electron chi connectivity index (χ0n) is 10.0. The molecule has 1 nitrogen and oxygen atoms in total. The predicted octanol–water partition coefficient (Wildman–Crippen LogP) is 4.93. The highest BCUT2D eigenvalue weighted by Crippen LogP contribution is 2.33. The van der Waals surface area contributed by atoms with E-state index in [2.05, 4.69) is 22.0 Å². The number of ketones is 1. The molecule has 0 radical (unpaired) electrons. The molecule has 0 heterocycles. The van der Waals surface area contributed by atoms with Crippen LogP contribution >= 0.6 is 27.7 Å². The average Bonchev–Trinajstić information content (AvgIpc) is 2.78. The van der Waals surface area contributed by atoms with E-state index >= 15 is 0 Å². The van der Waals surface area contributed by atoms with E-state index < -0.39 is 0 Å². The van der Waals surface area contributed by atoms with Gasteiger partial charge in [-0.1, -0.05) is 28.8 Å². The Labute approximate surface area is 115 Å². The monoisotopic (exact) mass is 312 g/mol. The van der Waals surface area contributed by atoms with Crippen LogP contribution in [0.5, 0.6) is 0 Å². The van der Waals surface area contributed by atoms with E-state index in [1.165, 1.54) is 25.7 Å². The molecule has 0 saturated heterocycles. The van der Waals surface area contributed by atoms with Gasteiger partial charge in [-0.3, -0.25) is 4.79 Å². The van der Waals surface area contributed by atoms with E-state index in [0.29, 0.717) is 0 Å². The molecule has 17 heavy (non-hydrogen) atoms. The van der Waals surface area contributed by atoms with Gasteiger partial charge in [-0.15, -0.1) is 11.8 Å². The summed E-state index contributed by atoms with van der Waals surface area (Å²) in [5.41, 5.74) is 0.858. The fraction of sp³-hybridized carbons (Fsp3) is 0.500. The van der Waals surface area contributed by atoms with Crippen LogP contribution in [-0.4, -0.2) is 11.5 Å². The van der Waals surface area contributed by atoms with Crippen molar-refractivity contribution < 1.29 is 4.79 Å². The molecule has 0 bridgehead atoms. The lowest BCUT2D eigenvalue weighted by atomic mass is 10.1. The van der Waals surface area contributed by atoms with Gasteiger partial charge in [-0.25, -0.2) is 0 Å². The molecule has 1 aliphatic rings. The van der Waals surface area contributed by atoms with Crippen molar-refractivity contribution in [1.29, 1.82) is 0 Å². The second kappa shape index (κ2) is 6.05. The van der Waals surface area contributed by atoms with Gasteiger partial charge in [-0.2, -0.15) is 0 Å². The largest absolute Gasteiger partial charge is 0.294 e. The fourth-order valence-electron chi connectivity index (χ4n) is 2.29. The van der Waals surface area contributed by atoms with Crippen LogP contribution in [0.2, 0.25) is 0 Å². The van der Waals surface area contributed by atoms with Crippen LogP contribution in [0.15, 0.2) is 27.6 Å². The second-order valence-corrected chi connectivity index (χ2v) is 6.64. The molecule has 1 aliphatic carbocycles. The number of Topliss-reactive ketones (excluding diaryl/α,β-unsaturated/α-hetero) is 1. The van der Waals surface area contributed by atoms with Crippen molar-refractivity contribution in [3.05, 3.63) is 28.2 Å². The van der Waals surface area contributed by atoms with Gasteiger partial charge in [0.1, 0.15) is 0 Å². The van der Waals surface area contributed by atoms with Crippen LogP contribution in [-0.2, 0) is 0 Å². The summed E-state index contributed by atoms with van der Waals surface area (Å²) < 4.78 is 1.05. The zero-order valence-corrected chi connectivity index (χ0v) is 12.4. The van der Waals surface area contributed by atoms with Crippen molar-refractivity contribution >= 4 is 33.5 Å². The number of benzene rings is 1. The Balaban J connectivity index is 2.07. The molecule has 1 aromatic carbocycles. The van der Waals surface area contributed by atoms with Gasteiger partial charge in [0.15, 0.2) is 5.78 Å². The fourth-order valence-corrected chi connectivity index (χ4v) is 4.13. The molecule has 0 atom stereocenters. The predicted molar refractivity (Wildman–Crippen MR) is 76.8 cm³/mol. The molecule has 1 saturated carbocycles. The number of thioether (sulfide) groups is 1. The summed E-state index contributed by atoms with van der Waals surface area (Å²) >= 11 is 5.31. The molecule has 0 N–H and O–H groups in total. The summed E-state index contributed by atoms with van der Waals surface area (Å²) in [4.78, 5) is 12.7. The van der Waals surface area contributed by atoms with Gasteiger partial charge in [0.05, 0.1) is 0 Å². The van der Waals surface area contributed by atoms with E-state index in [1.807, 2.05) is 23.9 Å². The Kier molecular flexibility index (Phi) is 4.69. The minimum Gasteiger partial charge on any atom is -0.294 e. The molecule has 0 aromatic heterocycles. The third kappa shape index (κ3) is 3.59. The third-order valence-electron chi connectivity index (χ3n) is 3.27. The maximum Gasteiger partial charge on any atom is 0.160 e. The average molecular weight is 313 g/mol. The first-order valence-corrected chi connectivity index (χ1v) is 7.88. The van der Waals surface area contributed by atoms with Crippen molar-refractivity contribution in [2.45, 2.75) is 37.5 Å². The van der Waals surface area contributed by atoms with E-state index in [0.717, 1.165) is 26.6 Å². The van der Waals surface area contributed by atoms with Crippen LogP contribution in [0, 0.1) is 5.92 Å². The highest BCUT2D eigenvalue weighted by atomic mass is 79.9. The van der Waals surface area contributed by atoms with Crippen LogP contribution < -0.4 is 0 Å². The molecular formula is C14H17BrOS. The number of carbonyl (C=O) groups is 1. The smallest absolute Gasteiger partial charge is 0.160 e. The van der Waals surface area contributed by atoms with Crippen molar-refractivity contribution in [1.82, 2.24) is 0 Å². The Hall–Kier alpha value is -0.280. The summed E-state index contributed by atoms with van der Waals surface area (Å²) in [6.07, 6.45) is 5.47. The van der Waals surface area contributed by atoms with Crippen molar-refractivity contribution in [3.8, 4) is 0 Å². The van der Waals surface area contributed by atoms with Gasteiger partial charge in [0, 0.05) is 20.7 Å². The molecule has 1 fully saturated rings. The number of halogens is 1. The minimum atomic E-state index is 0.159. The Morgan fingerprint density at radius 2 is 2.12 bits per heavy atom. The van der Waals surface area contributed by atoms with Gasteiger partial charge >= 0.3 is 0 Å². The lowest BCUT2D eigenvalue weighted by Gasteiger charge is -2.11. The topological polar surface area (TPSA) is 17.1 Å². The number of rotatable bonds is 4. The van der Waals surface area contributed by atoms with Crippen molar-refractivity contribution in [2.75, 3.05) is 5.75 Å². The summed E-state index contributed by atoms with van der Waals surface area (Å²) in [5.74, 6) is 2.15. The first-order valence-electron chi connectivity index (χ1n) is 6.10. The molecular weight excluding hydrogens is 296 g/mol. The molecule has 0 aliphatic heterocycles. The van der Waals surface area contributed by atoms with Crippen LogP contribution in [0.25, 0.3) is 0 Å². The van der Waals surface area contributed by atoms with Gasteiger partial charge in [0.25, 0.3) is 0 Å². The highest BCUT2D eigenvalue weighted by Gasteiger charge is 2.16. The third-order valence-corrected chi connectivity index (χ3v) is 5.05. The van der Waals surface area contributed by atoms with E-state index in [1.54, 1.807) is 6.92 Å². The Bertz CT molecular complexity index is 411. The summed E-state index contributed by atoms with van der Waals surface area (Å²) in [6.45, 7) is 1.64. The van der Waals surface area contributed by atoms with Gasteiger partial charge < -0.3 is 0 Å². The van der Waals surface area contributed by atoms with E-state index in [4.69, 9.17) is 0 Å². The van der Waals surface area contributed by atoms with Gasteiger partial charge in [0.2, 0.25) is 0 Å². The van der Waals surface area contributed by atoms with Crippen LogP contribution in [0.4, 0.5) is 0 Å². The summed E-state index contributed by atoms with van der Waals surface area (Å²) in [6, 6.07) is 5.93. The molecule has 0 spiro atoms. The lowest BCUT2D eigenvalue weighted by molar-refractivity contribution is 0.101. The quantitative estimate of drug-likeness (QED) is 0.579. The van der Waals surface area contributed by atoms with Crippen molar-refractivity contribution in [3.63, 3.8) is 0 Å². The van der Waals surface area contributed by atoms with E-state index in [-0.39, 0.29) is 5.78 Å². The van der Waals surface area contributed by atoms with E-state index in [9.17, 15) is 4.79 Å². The summed E-state index contributed by atoms with van der Waals surface area (Å²) in [7, 11) is 0. The van der Waals surface area contributed by atoms with Crippen LogP contribution in [0.1, 0.15) is 43.0 Å². The normalized spacial score (nSPS) is 16.4. The standard InChI is InChI=1S/C14H17BrOS/c1-10(16)13-7-6-12(15)8-14(13)17-9-11-4-2-3-5-11/h6-8,11H,2-5,9H2,1H3. The Morgan fingerprint density at radius 1 is 1.41 bits per heavy atom. The Morgan fingerprint density at radius 3 is 2.76 bits per heavy atom.